The monoisotopic (exact) mass is 472 g/mol. The van der Waals surface area contributed by atoms with Crippen molar-refractivity contribution in [2.75, 3.05) is 27.7 Å². The number of aromatic nitrogens is 2. The van der Waals surface area contributed by atoms with E-state index < -0.39 is 0 Å². The Morgan fingerprint density at radius 1 is 1.25 bits per heavy atom. The standard InChI is InChI=1S/C24H26Cl2N4O2/c1-29(2)22(16-5-4-6-18(11-16)32-3)14-27-24(31)19-13-28-30(23(19)15-7-8-15)21-10-9-17(25)12-20(21)26/h4-6,9-13,15,22H,7-8,14H2,1-3H3,(H,27,31). The summed E-state index contributed by atoms with van der Waals surface area (Å²) >= 11 is 12.5. The van der Waals surface area contributed by atoms with Gasteiger partial charge < -0.3 is 15.0 Å². The van der Waals surface area contributed by atoms with Gasteiger partial charge in [0.25, 0.3) is 5.91 Å². The number of rotatable bonds is 8. The molecule has 0 radical (unpaired) electrons. The summed E-state index contributed by atoms with van der Waals surface area (Å²) in [4.78, 5) is 15.3. The van der Waals surface area contributed by atoms with Crippen LogP contribution in [-0.2, 0) is 0 Å². The fourth-order valence-corrected chi connectivity index (χ4v) is 4.35. The van der Waals surface area contributed by atoms with E-state index in [-0.39, 0.29) is 11.9 Å². The molecule has 6 nitrogen and oxygen atoms in total. The van der Waals surface area contributed by atoms with Crippen molar-refractivity contribution in [3.8, 4) is 11.4 Å². The summed E-state index contributed by atoms with van der Waals surface area (Å²) in [5.74, 6) is 0.948. The summed E-state index contributed by atoms with van der Waals surface area (Å²) in [6, 6.07) is 13.2. The Bertz CT molecular complexity index is 1120. The van der Waals surface area contributed by atoms with Crippen LogP contribution in [0.4, 0.5) is 0 Å². The zero-order valence-corrected chi connectivity index (χ0v) is 19.8. The molecule has 1 aromatic heterocycles. The molecule has 1 aliphatic carbocycles. The zero-order valence-electron chi connectivity index (χ0n) is 18.3. The Labute approximate surface area is 198 Å². The molecule has 168 valence electrons. The van der Waals surface area contributed by atoms with E-state index in [1.54, 1.807) is 30.1 Å². The van der Waals surface area contributed by atoms with Gasteiger partial charge in [0, 0.05) is 17.5 Å². The van der Waals surface area contributed by atoms with Gasteiger partial charge in [-0.2, -0.15) is 5.10 Å². The number of ether oxygens (including phenoxy) is 1. The molecule has 1 N–H and O–H groups in total. The van der Waals surface area contributed by atoms with Crippen LogP contribution in [0.5, 0.6) is 5.75 Å². The third kappa shape index (κ3) is 4.77. The number of halogens is 2. The summed E-state index contributed by atoms with van der Waals surface area (Å²) < 4.78 is 7.13. The molecule has 1 aliphatic rings. The van der Waals surface area contributed by atoms with E-state index in [9.17, 15) is 4.79 Å². The van der Waals surface area contributed by atoms with E-state index in [1.165, 1.54) is 0 Å². The number of carbonyl (C=O) groups is 1. The number of likely N-dealkylation sites (N-methyl/N-ethyl adjacent to an activating group) is 1. The SMILES string of the molecule is COc1cccc(C(CNC(=O)c2cnn(-c3ccc(Cl)cc3Cl)c2C2CC2)N(C)C)c1. The number of hydrogen-bond donors (Lipinski definition) is 1. The van der Waals surface area contributed by atoms with Gasteiger partial charge in [0.05, 0.1) is 41.3 Å². The van der Waals surface area contributed by atoms with Crippen molar-refractivity contribution in [3.05, 3.63) is 75.5 Å². The fraction of sp³-hybridized carbons (Fsp3) is 0.333. The van der Waals surface area contributed by atoms with Crippen molar-refractivity contribution >= 4 is 29.1 Å². The van der Waals surface area contributed by atoms with Crippen molar-refractivity contribution in [1.82, 2.24) is 20.0 Å². The Balaban J connectivity index is 1.57. The largest absolute Gasteiger partial charge is 0.497 e. The lowest BCUT2D eigenvalue weighted by Crippen LogP contribution is -2.34. The molecule has 1 saturated carbocycles. The van der Waals surface area contributed by atoms with Gasteiger partial charge in [0.2, 0.25) is 0 Å². The Morgan fingerprint density at radius 3 is 2.69 bits per heavy atom. The molecule has 1 heterocycles. The fourth-order valence-electron chi connectivity index (χ4n) is 3.86. The number of methoxy groups -OCH3 is 1. The lowest BCUT2D eigenvalue weighted by molar-refractivity contribution is 0.0941. The van der Waals surface area contributed by atoms with Crippen LogP contribution < -0.4 is 10.1 Å². The number of nitrogens with one attached hydrogen (secondary N) is 1. The second-order valence-corrected chi connectivity index (χ2v) is 9.03. The highest BCUT2D eigenvalue weighted by Crippen LogP contribution is 2.43. The molecule has 0 bridgehead atoms. The molecular formula is C24H26Cl2N4O2. The number of nitrogens with zero attached hydrogens (tertiary/aromatic N) is 3. The minimum Gasteiger partial charge on any atom is -0.497 e. The molecule has 1 unspecified atom stereocenters. The number of carbonyl (C=O) groups excluding carboxylic acids is 1. The first-order chi connectivity index (χ1) is 15.4. The van der Waals surface area contributed by atoms with Crippen molar-refractivity contribution in [1.29, 1.82) is 0 Å². The topological polar surface area (TPSA) is 59.4 Å². The van der Waals surface area contributed by atoms with Crippen LogP contribution in [0.25, 0.3) is 5.69 Å². The van der Waals surface area contributed by atoms with E-state index in [0.717, 1.165) is 35.5 Å². The van der Waals surface area contributed by atoms with Crippen molar-refractivity contribution in [3.63, 3.8) is 0 Å². The van der Waals surface area contributed by atoms with Gasteiger partial charge in [0.1, 0.15) is 5.75 Å². The van der Waals surface area contributed by atoms with Crippen LogP contribution in [0.3, 0.4) is 0 Å². The third-order valence-electron chi connectivity index (χ3n) is 5.71. The minimum absolute atomic E-state index is 0.000760. The molecule has 0 aliphatic heterocycles. The zero-order chi connectivity index (χ0) is 22.8. The first-order valence-electron chi connectivity index (χ1n) is 10.5. The number of hydrogen-bond acceptors (Lipinski definition) is 4. The average molecular weight is 473 g/mol. The average Bonchev–Trinajstić information content (AvgIpc) is 3.52. The maximum atomic E-state index is 13.2. The van der Waals surface area contributed by atoms with Crippen LogP contribution in [0.1, 0.15) is 46.4 Å². The Hall–Kier alpha value is -2.54. The van der Waals surface area contributed by atoms with Crippen molar-refractivity contribution < 1.29 is 9.53 Å². The Morgan fingerprint density at radius 2 is 2.03 bits per heavy atom. The van der Waals surface area contributed by atoms with Crippen molar-refractivity contribution in [2.24, 2.45) is 0 Å². The van der Waals surface area contributed by atoms with Gasteiger partial charge in [0.15, 0.2) is 0 Å². The highest BCUT2D eigenvalue weighted by molar-refractivity contribution is 6.35. The van der Waals surface area contributed by atoms with Gasteiger partial charge in [-0.15, -0.1) is 0 Å². The van der Waals surface area contributed by atoms with E-state index in [4.69, 9.17) is 27.9 Å². The minimum atomic E-state index is -0.141. The molecule has 3 aromatic rings. The van der Waals surface area contributed by atoms with E-state index >= 15 is 0 Å². The highest BCUT2D eigenvalue weighted by atomic mass is 35.5. The molecular weight excluding hydrogens is 447 g/mol. The summed E-state index contributed by atoms with van der Waals surface area (Å²) in [5, 5.41) is 8.66. The second-order valence-electron chi connectivity index (χ2n) is 8.19. The van der Waals surface area contributed by atoms with Gasteiger partial charge in [-0.05, 0) is 62.8 Å². The molecule has 8 heteroatoms. The van der Waals surface area contributed by atoms with Crippen LogP contribution in [0, 0.1) is 0 Å². The van der Waals surface area contributed by atoms with Crippen molar-refractivity contribution in [2.45, 2.75) is 24.8 Å². The third-order valence-corrected chi connectivity index (χ3v) is 6.25. The van der Waals surface area contributed by atoms with Crippen LogP contribution in [-0.4, -0.2) is 48.3 Å². The normalized spacial score (nSPS) is 14.4. The van der Waals surface area contributed by atoms with Gasteiger partial charge in [-0.25, -0.2) is 4.68 Å². The molecule has 0 spiro atoms. The van der Waals surface area contributed by atoms with E-state index in [1.807, 2.05) is 44.4 Å². The van der Waals surface area contributed by atoms with E-state index in [2.05, 4.69) is 15.3 Å². The van der Waals surface area contributed by atoms with Gasteiger partial charge in [-0.3, -0.25) is 4.79 Å². The Kier molecular flexibility index (Phi) is 6.74. The quantitative estimate of drug-likeness (QED) is 0.495. The lowest BCUT2D eigenvalue weighted by Gasteiger charge is -2.25. The summed E-state index contributed by atoms with van der Waals surface area (Å²) in [7, 11) is 5.63. The number of benzene rings is 2. The van der Waals surface area contributed by atoms with Crippen LogP contribution in [0.2, 0.25) is 10.0 Å². The molecule has 1 atom stereocenters. The van der Waals surface area contributed by atoms with E-state index in [0.29, 0.717) is 28.1 Å². The molecule has 0 saturated heterocycles. The van der Waals surface area contributed by atoms with Gasteiger partial charge >= 0.3 is 0 Å². The molecule has 1 fully saturated rings. The smallest absolute Gasteiger partial charge is 0.254 e. The maximum absolute atomic E-state index is 13.2. The lowest BCUT2D eigenvalue weighted by atomic mass is 10.1. The summed E-state index contributed by atoms with van der Waals surface area (Å²) in [6.07, 6.45) is 3.69. The summed E-state index contributed by atoms with van der Waals surface area (Å²) in [6.45, 7) is 0.454. The summed E-state index contributed by atoms with van der Waals surface area (Å²) in [5.41, 5.74) is 3.27. The predicted molar refractivity (Wildman–Crippen MR) is 127 cm³/mol. The predicted octanol–water partition coefficient (Wildman–Crippen LogP) is 5.10. The molecule has 32 heavy (non-hydrogen) atoms. The van der Waals surface area contributed by atoms with Crippen LogP contribution in [0.15, 0.2) is 48.7 Å². The molecule has 4 rings (SSSR count). The van der Waals surface area contributed by atoms with Crippen LogP contribution >= 0.6 is 23.2 Å². The van der Waals surface area contributed by atoms with Gasteiger partial charge in [-0.1, -0.05) is 35.3 Å². The maximum Gasteiger partial charge on any atom is 0.254 e. The highest BCUT2D eigenvalue weighted by Gasteiger charge is 2.33. The molecule has 2 aromatic carbocycles. The molecule has 1 amide bonds. The first kappa shape index (κ1) is 22.6. The first-order valence-corrected chi connectivity index (χ1v) is 11.3. The second kappa shape index (κ2) is 9.53. The number of amides is 1.